The van der Waals surface area contributed by atoms with Crippen LogP contribution in [0, 0.1) is 5.92 Å². The molecule has 0 aliphatic carbocycles. The lowest BCUT2D eigenvalue weighted by Crippen LogP contribution is -2.31. The minimum absolute atomic E-state index is 0.112. The zero-order valence-electron chi connectivity index (χ0n) is 12.1. The van der Waals surface area contributed by atoms with Crippen molar-refractivity contribution in [1.29, 1.82) is 0 Å². The summed E-state index contributed by atoms with van der Waals surface area (Å²) in [4.78, 5) is 14.1. The van der Waals surface area contributed by atoms with Gasteiger partial charge in [0.05, 0.1) is 12.2 Å². The van der Waals surface area contributed by atoms with Crippen LogP contribution in [0.1, 0.15) is 17.3 Å². The number of rotatable bonds is 6. The van der Waals surface area contributed by atoms with E-state index in [0.29, 0.717) is 24.4 Å². The molecule has 0 aliphatic heterocycles. The van der Waals surface area contributed by atoms with E-state index in [1.54, 1.807) is 19.2 Å². The largest absolute Gasteiger partial charge is 0.399 e. The fraction of sp³-hybridized carbons (Fsp3) is 0.500. The second-order valence-electron chi connectivity index (χ2n) is 4.94. The Hall–Kier alpha value is -1.75. The van der Waals surface area contributed by atoms with Gasteiger partial charge in [0.25, 0.3) is 5.91 Å². The molecule has 1 unspecified atom stereocenters. The molecule has 1 amide bonds. The second kappa shape index (κ2) is 6.99. The van der Waals surface area contributed by atoms with Crippen LogP contribution in [0.25, 0.3) is 0 Å². The summed E-state index contributed by atoms with van der Waals surface area (Å²) in [5.41, 5.74) is 7.78. The Morgan fingerprint density at radius 3 is 2.74 bits per heavy atom. The fourth-order valence-electron chi connectivity index (χ4n) is 1.83. The summed E-state index contributed by atoms with van der Waals surface area (Å²) in [5.74, 6) is 0.164. The van der Waals surface area contributed by atoms with Crippen LogP contribution in [0.4, 0.5) is 11.4 Å². The number of benzene rings is 1. The average molecular weight is 265 g/mol. The van der Waals surface area contributed by atoms with Crippen LogP contribution in [0.5, 0.6) is 0 Å². The smallest absolute Gasteiger partial charge is 0.253 e. The Bertz CT molecular complexity index is 433. The Labute approximate surface area is 114 Å². The molecule has 0 aromatic heterocycles. The van der Waals surface area contributed by atoms with E-state index in [1.807, 2.05) is 32.0 Å². The van der Waals surface area contributed by atoms with Crippen LogP contribution in [0.3, 0.4) is 0 Å². The SMILES string of the molecule is COCC(C)CNC(=O)c1cc(N)ccc1N(C)C. The topological polar surface area (TPSA) is 67.6 Å². The molecule has 1 rings (SSSR count). The molecule has 0 fully saturated rings. The van der Waals surface area contributed by atoms with E-state index in [2.05, 4.69) is 5.32 Å². The van der Waals surface area contributed by atoms with Gasteiger partial charge in [-0.2, -0.15) is 0 Å². The number of carbonyl (C=O) groups is 1. The van der Waals surface area contributed by atoms with Crippen molar-refractivity contribution in [2.75, 3.05) is 45.0 Å². The van der Waals surface area contributed by atoms with Crippen LogP contribution in [0.15, 0.2) is 18.2 Å². The summed E-state index contributed by atoms with van der Waals surface area (Å²) in [6.45, 7) is 3.22. The number of nitrogens with one attached hydrogen (secondary N) is 1. The molecule has 19 heavy (non-hydrogen) atoms. The van der Waals surface area contributed by atoms with Crippen molar-refractivity contribution in [2.45, 2.75) is 6.92 Å². The van der Waals surface area contributed by atoms with E-state index in [1.165, 1.54) is 0 Å². The molecule has 0 radical (unpaired) electrons. The molecule has 0 spiro atoms. The number of nitrogens with two attached hydrogens (primary N) is 1. The third-order valence-electron chi connectivity index (χ3n) is 2.81. The first kappa shape index (κ1) is 15.3. The van der Waals surface area contributed by atoms with Crippen molar-refractivity contribution >= 4 is 17.3 Å². The van der Waals surface area contributed by atoms with Crippen molar-refractivity contribution in [2.24, 2.45) is 5.92 Å². The number of hydrogen-bond donors (Lipinski definition) is 2. The maximum Gasteiger partial charge on any atom is 0.253 e. The van der Waals surface area contributed by atoms with Gasteiger partial charge in [-0.1, -0.05) is 6.92 Å². The van der Waals surface area contributed by atoms with Gasteiger partial charge in [-0.25, -0.2) is 0 Å². The summed E-state index contributed by atoms with van der Waals surface area (Å²) in [6.07, 6.45) is 0. The van der Waals surface area contributed by atoms with Crippen molar-refractivity contribution in [3.8, 4) is 0 Å². The summed E-state index contributed by atoms with van der Waals surface area (Å²) >= 11 is 0. The van der Waals surface area contributed by atoms with Gasteiger partial charge < -0.3 is 20.7 Å². The number of hydrogen-bond acceptors (Lipinski definition) is 4. The van der Waals surface area contributed by atoms with Crippen LogP contribution in [0.2, 0.25) is 0 Å². The minimum Gasteiger partial charge on any atom is -0.399 e. The highest BCUT2D eigenvalue weighted by Crippen LogP contribution is 2.21. The maximum atomic E-state index is 12.2. The van der Waals surface area contributed by atoms with Crippen molar-refractivity contribution in [3.63, 3.8) is 0 Å². The van der Waals surface area contributed by atoms with Crippen LogP contribution < -0.4 is 16.0 Å². The van der Waals surface area contributed by atoms with Gasteiger partial charge in [0, 0.05) is 39.1 Å². The first-order valence-electron chi connectivity index (χ1n) is 6.29. The number of nitrogen functional groups attached to an aromatic ring is 1. The molecule has 0 aliphatic rings. The molecule has 3 N–H and O–H groups in total. The monoisotopic (exact) mass is 265 g/mol. The molecular weight excluding hydrogens is 242 g/mol. The van der Waals surface area contributed by atoms with E-state index in [-0.39, 0.29) is 11.8 Å². The van der Waals surface area contributed by atoms with E-state index in [4.69, 9.17) is 10.5 Å². The molecule has 5 nitrogen and oxygen atoms in total. The number of nitrogens with zero attached hydrogens (tertiary/aromatic N) is 1. The number of anilines is 2. The van der Waals surface area contributed by atoms with Gasteiger partial charge in [0.2, 0.25) is 0 Å². The highest BCUT2D eigenvalue weighted by Gasteiger charge is 2.14. The molecule has 1 aromatic carbocycles. The average Bonchev–Trinajstić information content (AvgIpc) is 2.35. The summed E-state index contributed by atoms with van der Waals surface area (Å²) in [7, 11) is 5.45. The highest BCUT2D eigenvalue weighted by molar-refractivity contribution is 6.00. The van der Waals surface area contributed by atoms with E-state index in [0.717, 1.165) is 5.69 Å². The normalized spacial score (nSPS) is 12.0. The third-order valence-corrected chi connectivity index (χ3v) is 2.81. The van der Waals surface area contributed by atoms with Crippen LogP contribution in [-0.4, -0.2) is 40.3 Å². The van der Waals surface area contributed by atoms with Gasteiger partial charge in [-0.05, 0) is 24.1 Å². The van der Waals surface area contributed by atoms with Crippen LogP contribution >= 0.6 is 0 Å². The predicted octanol–water partition coefficient (Wildman–Crippen LogP) is 1.35. The molecule has 1 aromatic rings. The van der Waals surface area contributed by atoms with Crippen molar-refractivity contribution < 1.29 is 9.53 Å². The Kier molecular flexibility index (Phi) is 5.63. The molecule has 0 heterocycles. The molecule has 106 valence electrons. The Morgan fingerprint density at radius 1 is 1.47 bits per heavy atom. The number of methoxy groups -OCH3 is 1. The molecule has 0 saturated carbocycles. The molecule has 1 atom stereocenters. The molecule has 5 heteroatoms. The van der Waals surface area contributed by atoms with Crippen molar-refractivity contribution in [1.82, 2.24) is 5.32 Å². The quantitative estimate of drug-likeness (QED) is 0.762. The van der Waals surface area contributed by atoms with Gasteiger partial charge in [0.15, 0.2) is 0 Å². The zero-order chi connectivity index (χ0) is 14.4. The lowest BCUT2D eigenvalue weighted by atomic mass is 10.1. The van der Waals surface area contributed by atoms with E-state index >= 15 is 0 Å². The minimum atomic E-state index is -0.112. The van der Waals surface area contributed by atoms with E-state index < -0.39 is 0 Å². The lowest BCUT2D eigenvalue weighted by Gasteiger charge is -2.18. The van der Waals surface area contributed by atoms with Gasteiger partial charge in [-0.3, -0.25) is 4.79 Å². The molecule has 0 saturated heterocycles. The zero-order valence-corrected chi connectivity index (χ0v) is 12.1. The van der Waals surface area contributed by atoms with Gasteiger partial charge in [0.1, 0.15) is 0 Å². The summed E-state index contributed by atoms with van der Waals surface area (Å²) in [6, 6.07) is 5.34. The third kappa shape index (κ3) is 4.44. The Morgan fingerprint density at radius 2 is 2.16 bits per heavy atom. The molecular formula is C14H23N3O2. The van der Waals surface area contributed by atoms with Gasteiger partial charge >= 0.3 is 0 Å². The van der Waals surface area contributed by atoms with Crippen LogP contribution in [-0.2, 0) is 4.74 Å². The number of carbonyl (C=O) groups excluding carboxylic acids is 1. The van der Waals surface area contributed by atoms with E-state index in [9.17, 15) is 4.79 Å². The first-order chi connectivity index (χ1) is 8.95. The Balaban J connectivity index is 2.78. The second-order valence-corrected chi connectivity index (χ2v) is 4.94. The standard InChI is InChI=1S/C14H23N3O2/c1-10(9-19-4)8-16-14(18)12-7-11(15)5-6-13(12)17(2)3/h5-7,10H,8-9,15H2,1-4H3,(H,16,18). The molecule has 0 bridgehead atoms. The highest BCUT2D eigenvalue weighted by atomic mass is 16.5. The maximum absolute atomic E-state index is 12.2. The van der Waals surface area contributed by atoms with Crippen molar-refractivity contribution in [3.05, 3.63) is 23.8 Å². The van der Waals surface area contributed by atoms with Gasteiger partial charge in [-0.15, -0.1) is 0 Å². The summed E-state index contributed by atoms with van der Waals surface area (Å²) in [5, 5.41) is 2.90. The first-order valence-corrected chi connectivity index (χ1v) is 6.29. The number of ether oxygens (including phenoxy) is 1. The summed E-state index contributed by atoms with van der Waals surface area (Å²) < 4.78 is 5.04. The predicted molar refractivity (Wildman–Crippen MR) is 78.6 cm³/mol. The fourth-order valence-corrected chi connectivity index (χ4v) is 1.83. The number of amides is 1. The lowest BCUT2D eigenvalue weighted by molar-refractivity contribution is 0.0934.